The number of methoxy groups -OCH3 is 1. The SMILES string of the molecule is COC(=O)c1ccc(C(O)(CF)C(F)F)cc1. The topological polar surface area (TPSA) is 46.5 Å². The molecule has 0 saturated heterocycles. The molecule has 0 aliphatic carbocycles. The molecule has 0 heterocycles. The smallest absolute Gasteiger partial charge is 0.337 e. The Labute approximate surface area is 95.8 Å². The average Bonchev–Trinajstić information content (AvgIpc) is 2.36. The zero-order valence-electron chi connectivity index (χ0n) is 8.99. The largest absolute Gasteiger partial charge is 0.465 e. The lowest BCUT2D eigenvalue weighted by molar-refractivity contribution is -0.114. The van der Waals surface area contributed by atoms with E-state index in [1.165, 1.54) is 19.2 Å². The van der Waals surface area contributed by atoms with Crippen molar-refractivity contribution in [1.82, 2.24) is 0 Å². The summed E-state index contributed by atoms with van der Waals surface area (Å²) in [5, 5.41) is 9.41. The number of rotatable bonds is 4. The highest BCUT2D eigenvalue weighted by Gasteiger charge is 2.39. The third kappa shape index (κ3) is 2.58. The van der Waals surface area contributed by atoms with E-state index in [1.54, 1.807) is 0 Å². The molecule has 0 aliphatic rings. The summed E-state index contributed by atoms with van der Waals surface area (Å²) >= 11 is 0. The van der Waals surface area contributed by atoms with E-state index in [2.05, 4.69) is 4.74 Å². The van der Waals surface area contributed by atoms with E-state index in [9.17, 15) is 23.1 Å². The van der Waals surface area contributed by atoms with E-state index < -0.39 is 24.7 Å². The van der Waals surface area contributed by atoms with Gasteiger partial charge in [0.05, 0.1) is 12.7 Å². The number of benzene rings is 1. The maximum absolute atomic E-state index is 12.5. The Kier molecular flexibility index (Phi) is 4.11. The summed E-state index contributed by atoms with van der Waals surface area (Å²) in [5.41, 5.74) is -3.00. The standard InChI is InChI=1S/C11H11F3O3/c1-17-9(15)7-2-4-8(5-3-7)11(16,6-12)10(13)14/h2-5,10,16H,6H2,1H3. The van der Waals surface area contributed by atoms with Gasteiger partial charge in [0.1, 0.15) is 6.67 Å². The number of carbonyl (C=O) groups is 1. The summed E-state index contributed by atoms with van der Waals surface area (Å²) in [6.07, 6.45) is -3.25. The number of aliphatic hydroxyl groups is 1. The Morgan fingerprint density at radius 1 is 1.41 bits per heavy atom. The summed E-state index contributed by atoms with van der Waals surface area (Å²) < 4.78 is 41.9. The Balaban J connectivity index is 3.05. The van der Waals surface area contributed by atoms with Crippen molar-refractivity contribution in [1.29, 1.82) is 0 Å². The Hall–Kier alpha value is -1.56. The van der Waals surface area contributed by atoms with E-state index in [4.69, 9.17) is 0 Å². The molecule has 0 saturated carbocycles. The molecule has 0 aliphatic heterocycles. The summed E-state index contributed by atoms with van der Waals surface area (Å²) in [5.74, 6) is -0.641. The predicted molar refractivity (Wildman–Crippen MR) is 53.7 cm³/mol. The highest BCUT2D eigenvalue weighted by Crippen LogP contribution is 2.29. The van der Waals surface area contributed by atoms with E-state index in [0.29, 0.717) is 0 Å². The molecule has 0 aromatic heterocycles. The van der Waals surface area contributed by atoms with Gasteiger partial charge in [-0.3, -0.25) is 0 Å². The van der Waals surface area contributed by atoms with Crippen molar-refractivity contribution < 1.29 is 27.8 Å². The van der Waals surface area contributed by atoms with Crippen molar-refractivity contribution in [3.63, 3.8) is 0 Å². The number of ether oxygens (including phenoxy) is 1. The van der Waals surface area contributed by atoms with Crippen molar-refractivity contribution in [2.75, 3.05) is 13.8 Å². The van der Waals surface area contributed by atoms with Gasteiger partial charge in [0, 0.05) is 0 Å². The van der Waals surface area contributed by atoms with Crippen LogP contribution in [-0.4, -0.2) is 31.3 Å². The zero-order chi connectivity index (χ0) is 13.1. The molecule has 0 spiro atoms. The lowest BCUT2D eigenvalue weighted by Crippen LogP contribution is -2.36. The molecule has 1 aromatic carbocycles. The summed E-state index contributed by atoms with van der Waals surface area (Å²) in [4.78, 5) is 11.1. The van der Waals surface area contributed by atoms with Gasteiger partial charge in [-0.25, -0.2) is 18.0 Å². The lowest BCUT2D eigenvalue weighted by Gasteiger charge is -2.24. The second-order valence-electron chi connectivity index (χ2n) is 3.43. The van der Waals surface area contributed by atoms with Gasteiger partial charge >= 0.3 is 5.97 Å². The van der Waals surface area contributed by atoms with Gasteiger partial charge in [-0.1, -0.05) is 12.1 Å². The first kappa shape index (κ1) is 13.5. The van der Waals surface area contributed by atoms with Crippen LogP contribution in [-0.2, 0) is 10.3 Å². The first-order valence-corrected chi connectivity index (χ1v) is 4.71. The molecule has 1 aromatic rings. The van der Waals surface area contributed by atoms with Crippen LogP contribution in [0.1, 0.15) is 15.9 Å². The molecular weight excluding hydrogens is 237 g/mol. The molecule has 0 fully saturated rings. The second kappa shape index (κ2) is 5.18. The highest BCUT2D eigenvalue weighted by atomic mass is 19.3. The van der Waals surface area contributed by atoms with Crippen LogP contribution in [0.5, 0.6) is 0 Å². The fourth-order valence-corrected chi connectivity index (χ4v) is 1.27. The van der Waals surface area contributed by atoms with Crippen molar-refractivity contribution in [2.24, 2.45) is 0 Å². The molecule has 1 unspecified atom stereocenters. The van der Waals surface area contributed by atoms with E-state index in [0.717, 1.165) is 12.1 Å². The van der Waals surface area contributed by atoms with Crippen LogP contribution in [0.3, 0.4) is 0 Å². The van der Waals surface area contributed by atoms with Crippen LogP contribution < -0.4 is 0 Å². The van der Waals surface area contributed by atoms with Gasteiger partial charge in [-0.2, -0.15) is 0 Å². The average molecular weight is 248 g/mol. The molecular formula is C11H11F3O3. The fraction of sp³-hybridized carbons (Fsp3) is 0.364. The van der Waals surface area contributed by atoms with Crippen molar-refractivity contribution in [2.45, 2.75) is 12.0 Å². The molecule has 17 heavy (non-hydrogen) atoms. The summed E-state index contributed by atoms with van der Waals surface area (Å²) in [6, 6.07) is 4.50. The number of alkyl halides is 3. The van der Waals surface area contributed by atoms with Gasteiger partial charge < -0.3 is 9.84 Å². The molecule has 1 atom stereocenters. The molecule has 0 bridgehead atoms. The number of hydrogen-bond donors (Lipinski definition) is 1. The summed E-state index contributed by atoms with van der Waals surface area (Å²) in [7, 11) is 1.17. The van der Waals surface area contributed by atoms with Crippen LogP contribution >= 0.6 is 0 Å². The van der Waals surface area contributed by atoms with Gasteiger partial charge in [0.15, 0.2) is 5.60 Å². The Bertz CT molecular complexity index is 391. The van der Waals surface area contributed by atoms with E-state index >= 15 is 0 Å². The van der Waals surface area contributed by atoms with Gasteiger partial charge in [0.2, 0.25) is 0 Å². The highest BCUT2D eigenvalue weighted by molar-refractivity contribution is 5.89. The minimum absolute atomic E-state index is 0.131. The van der Waals surface area contributed by atoms with Crippen LogP contribution in [0.25, 0.3) is 0 Å². The molecule has 6 heteroatoms. The molecule has 0 radical (unpaired) electrons. The molecule has 3 nitrogen and oxygen atoms in total. The van der Waals surface area contributed by atoms with Crippen molar-refractivity contribution >= 4 is 5.97 Å². The van der Waals surface area contributed by atoms with E-state index in [-0.39, 0.29) is 11.1 Å². The van der Waals surface area contributed by atoms with Crippen LogP contribution in [0.15, 0.2) is 24.3 Å². The molecule has 0 amide bonds. The minimum atomic E-state index is -3.25. The maximum atomic E-state index is 12.5. The van der Waals surface area contributed by atoms with Crippen molar-refractivity contribution in [3.05, 3.63) is 35.4 Å². The van der Waals surface area contributed by atoms with Crippen LogP contribution in [0, 0.1) is 0 Å². The van der Waals surface area contributed by atoms with Crippen LogP contribution in [0.2, 0.25) is 0 Å². The maximum Gasteiger partial charge on any atom is 0.337 e. The third-order valence-corrected chi connectivity index (χ3v) is 2.37. The van der Waals surface area contributed by atoms with Crippen LogP contribution in [0.4, 0.5) is 13.2 Å². The first-order valence-electron chi connectivity index (χ1n) is 4.71. The fourth-order valence-electron chi connectivity index (χ4n) is 1.27. The molecule has 94 valence electrons. The normalized spacial score (nSPS) is 14.5. The number of esters is 1. The minimum Gasteiger partial charge on any atom is -0.465 e. The number of hydrogen-bond acceptors (Lipinski definition) is 3. The number of carbonyl (C=O) groups excluding carboxylic acids is 1. The van der Waals surface area contributed by atoms with Crippen molar-refractivity contribution in [3.8, 4) is 0 Å². The third-order valence-electron chi connectivity index (χ3n) is 2.37. The lowest BCUT2D eigenvalue weighted by atomic mass is 9.95. The molecule has 1 N–H and O–H groups in total. The van der Waals surface area contributed by atoms with E-state index in [1.807, 2.05) is 0 Å². The van der Waals surface area contributed by atoms with Gasteiger partial charge in [0.25, 0.3) is 6.43 Å². The second-order valence-corrected chi connectivity index (χ2v) is 3.43. The Morgan fingerprint density at radius 2 is 1.94 bits per heavy atom. The number of halogens is 3. The molecule has 1 rings (SSSR count). The quantitative estimate of drug-likeness (QED) is 0.828. The summed E-state index contributed by atoms with van der Waals surface area (Å²) in [6.45, 7) is -1.61. The predicted octanol–water partition coefficient (Wildman–Crippen LogP) is 1.90. The van der Waals surface area contributed by atoms with Gasteiger partial charge in [-0.05, 0) is 17.7 Å². The van der Waals surface area contributed by atoms with Gasteiger partial charge in [-0.15, -0.1) is 0 Å². The first-order chi connectivity index (χ1) is 7.95. The Morgan fingerprint density at radius 3 is 2.29 bits per heavy atom. The zero-order valence-corrected chi connectivity index (χ0v) is 8.99. The monoisotopic (exact) mass is 248 g/mol.